The summed E-state index contributed by atoms with van der Waals surface area (Å²) in [6.45, 7) is 13.7. The lowest BCUT2D eigenvalue weighted by molar-refractivity contribution is -0.384. The van der Waals surface area contributed by atoms with E-state index < -0.39 is 31.4 Å². The quantitative estimate of drug-likeness (QED) is 0.0479. The molecule has 2 aromatic heterocycles. The summed E-state index contributed by atoms with van der Waals surface area (Å²) in [6, 6.07) is 12.4. The van der Waals surface area contributed by atoms with Crippen LogP contribution in [0.5, 0.6) is 11.5 Å². The third-order valence-electron chi connectivity index (χ3n) is 15.5. The second-order valence-corrected chi connectivity index (χ2v) is 22.7. The standard InChI is InChI=1S/C49H61ClN8O7S/c1-48(2)9-7-33(41(28-48)39-27-42(50)40-26-38(39)40)30-56-18-20-57(21-19-56)34-3-5-37(45(24-34)65-35-23-32-8-13-52-46(32)53-29-35)47(59)54-66(62,63)36-4-6-43(44(25-36)58(60)61)51-14-17-55-15-10-49(11-16-55)12-22-64-31-49/h3-6,8,13,23-25,29,38-40,42,51H,7,9-12,14-22,26-28,30-31H2,1-2H3,(H,52,53)(H,54,59)/t38?,39-,40?,42+/m1/s1. The van der Waals surface area contributed by atoms with E-state index in [1.54, 1.807) is 41.7 Å². The SMILES string of the molecule is CC1(C)CCC(CN2CCN(c3ccc(C(=O)NS(=O)(=O)c4ccc(NCCN5CCC6(CCOC6)CC5)c([N+](=O)[O-])c4)c(Oc4cnc5[nH]ccc5c4)c3)CC2)=C([C@@H]2C[C@H](Cl)C3CC32)C1. The number of benzene rings is 2. The molecule has 0 radical (unpaired) electrons. The molecule has 4 aromatic rings. The number of amides is 1. The number of hydrogen-bond donors (Lipinski definition) is 3. The number of hydrogen-bond acceptors (Lipinski definition) is 12. The van der Waals surface area contributed by atoms with Crippen molar-refractivity contribution in [3.05, 3.63) is 87.7 Å². The fourth-order valence-corrected chi connectivity index (χ4v) is 12.9. The Morgan fingerprint density at radius 1 is 1.00 bits per heavy atom. The lowest BCUT2D eigenvalue weighted by Crippen LogP contribution is -2.47. The van der Waals surface area contributed by atoms with Gasteiger partial charge in [0.2, 0.25) is 0 Å². The van der Waals surface area contributed by atoms with E-state index >= 15 is 0 Å². The summed E-state index contributed by atoms with van der Waals surface area (Å²) in [7, 11) is -4.56. The highest BCUT2D eigenvalue weighted by Gasteiger charge is 2.55. The number of likely N-dealkylation sites (tertiary alicyclic amines) is 1. The van der Waals surface area contributed by atoms with Crippen molar-refractivity contribution in [3.8, 4) is 11.5 Å². The molecule has 1 amide bonds. The van der Waals surface area contributed by atoms with Gasteiger partial charge in [-0.3, -0.25) is 19.8 Å². The third kappa shape index (κ3) is 9.53. The molecule has 0 bridgehead atoms. The summed E-state index contributed by atoms with van der Waals surface area (Å²) in [5.41, 5.74) is 5.20. The summed E-state index contributed by atoms with van der Waals surface area (Å²) in [6.07, 6.45) is 12.4. The van der Waals surface area contributed by atoms with Crippen molar-refractivity contribution in [1.29, 1.82) is 0 Å². The molecule has 10 rings (SSSR count). The van der Waals surface area contributed by atoms with Crippen LogP contribution in [0.25, 0.3) is 11.0 Å². The van der Waals surface area contributed by atoms with Gasteiger partial charge < -0.3 is 29.6 Å². The van der Waals surface area contributed by atoms with Gasteiger partial charge in [-0.05, 0) is 129 Å². The van der Waals surface area contributed by atoms with E-state index in [2.05, 4.69) is 48.6 Å². The second-order valence-electron chi connectivity index (χ2n) is 20.5. The Bertz CT molecular complexity index is 2630. The average molecular weight is 942 g/mol. The molecule has 3 saturated heterocycles. The number of fused-ring (bicyclic) bond motifs is 2. The average Bonchev–Trinajstić information content (AvgIpc) is 3.54. The first-order valence-electron chi connectivity index (χ1n) is 23.7. The predicted octanol–water partition coefficient (Wildman–Crippen LogP) is 8.19. The van der Waals surface area contributed by atoms with E-state index in [9.17, 15) is 23.3 Å². The number of ether oxygens (including phenoxy) is 2. The Morgan fingerprint density at radius 2 is 1.82 bits per heavy atom. The lowest BCUT2D eigenvalue weighted by Gasteiger charge is -2.40. The summed E-state index contributed by atoms with van der Waals surface area (Å²) < 4.78 is 41.8. The van der Waals surface area contributed by atoms with Crippen LogP contribution in [0.4, 0.5) is 17.1 Å². The number of nitro groups is 1. The molecule has 5 heterocycles. The van der Waals surface area contributed by atoms with Gasteiger partial charge >= 0.3 is 0 Å². The number of piperazine rings is 1. The molecule has 66 heavy (non-hydrogen) atoms. The number of halogens is 1. The molecule has 5 fully saturated rings. The van der Waals surface area contributed by atoms with Gasteiger partial charge in [-0.1, -0.05) is 25.0 Å². The number of aromatic amines is 1. The minimum Gasteiger partial charge on any atom is -0.455 e. The summed E-state index contributed by atoms with van der Waals surface area (Å²) in [5.74, 6) is 1.68. The number of nitrogens with one attached hydrogen (secondary N) is 3. The van der Waals surface area contributed by atoms with Gasteiger partial charge in [-0.25, -0.2) is 18.1 Å². The Labute approximate surface area is 391 Å². The maximum absolute atomic E-state index is 14.0. The predicted molar refractivity (Wildman–Crippen MR) is 255 cm³/mol. The van der Waals surface area contributed by atoms with Crippen LogP contribution in [-0.4, -0.2) is 117 Å². The van der Waals surface area contributed by atoms with Gasteiger partial charge in [-0.2, -0.15) is 0 Å². The van der Waals surface area contributed by atoms with Crippen LogP contribution >= 0.6 is 11.6 Å². The van der Waals surface area contributed by atoms with Gasteiger partial charge in [0.15, 0.2) is 0 Å². The molecule has 4 atom stereocenters. The minimum absolute atomic E-state index is 0.0179. The van der Waals surface area contributed by atoms with Crippen LogP contribution in [-0.2, 0) is 14.8 Å². The second kappa shape index (κ2) is 18.1. The normalized spacial score (nSPS) is 25.3. The van der Waals surface area contributed by atoms with Crippen molar-refractivity contribution >= 4 is 55.6 Å². The van der Waals surface area contributed by atoms with E-state index in [0.29, 0.717) is 47.1 Å². The highest BCUT2D eigenvalue weighted by Crippen LogP contribution is 2.62. The summed E-state index contributed by atoms with van der Waals surface area (Å²) in [4.78, 5) is 39.9. The van der Waals surface area contributed by atoms with Crippen LogP contribution in [0.1, 0.15) is 75.6 Å². The Kier molecular flexibility index (Phi) is 12.3. The number of nitrogens with zero attached hydrogens (tertiary/aromatic N) is 5. The van der Waals surface area contributed by atoms with Gasteiger partial charge in [0.25, 0.3) is 21.6 Å². The molecule has 2 aromatic carbocycles. The molecule has 1 spiro atoms. The van der Waals surface area contributed by atoms with Crippen molar-refractivity contribution in [2.45, 2.75) is 75.5 Å². The first kappa shape index (κ1) is 45.1. The number of allylic oxidation sites excluding steroid dienone is 1. The third-order valence-corrected chi connectivity index (χ3v) is 17.4. The fourth-order valence-electron chi connectivity index (χ4n) is 11.4. The van der Waals surface area contributed by atoms with E-state index in [-0.39, 0.29) is 22.4 Å². The number of rotatable bonds is 14. The van der Waals surface area contributed by atoms with Crippen molar-refractivity contribution in [3.63, 3.8) is 0 Å². The van der Waals surface area contributed by atoms with Crippen LogP contribution < -0.4 is 19.7 Å². The molecule has 2 unspecified atom stereocenters. The van der Waals surface area contributed by atoms with Crippen molar-refractivity contribution in [2.75, 3.05) is 82.3 Å². The van der Waals surface area contributed by atoms with E-state index in [1.807, 2.05) is 12.1 Å². The van der Waals surface area contributed by atoms with Gasteiger partial charge in [0.05, 0.1) is 28.2 Å². The van der Waals surface area contributed by atoms with Crippen molar-refractivity contribution in [2.24, 2.45) is 28.6 Å². The fraction of sp³-hybridized carbons (Fsp3) is 0.551. The summed E-state index contributed by atoms with van der Waals surface area (Å²) >= 11 is 6.79. The van der Waals surface area contributed by atoms with Crippen LogP contribution in [0.15, 0.2) is 77.0 Å². The lowest BCUT2D eigenvalue weighted by atomic mass is 9.70. The first-order valence-corrected chi connectivity index (χ1v) is 25.6. The number of aromatic nitrogens is 2. The van der Waals surface area contributed by atoms with E-state index in [0.717, 1.165) is 121 Å². The minimum atomic E-state index is -4.56. The number of H-pyrrole nitrogens is 1. The Morgan fingerprint density at radius 3 is 2.55 bits per heavy atom. The number of sulfonamides is 1. The van der Waals surface area contributed by atoms with Crippen LogP contribution in [0, 0.1) is 38.7 Å². The number of pyridine rings is 1. The monoisotopic (exact) mass is 940 g/mol. The topological polar surface area (TPSA) is 175 Å². The Hall–Kier alpha value is -4.74. The number of alkyl halides is 1. The largest absolute Gasteiger partial charge is 0.455 e. The molecular weight excluding hydrogens is 880 g/mol. The molecule has 352 valence electrons. The van der Waals surface area contributed by atoms with Crippen LogP contribution in [0.3, 0.4) is 0 Å². The molecule has 17 heteroatoms. The zero-order valence-electron chi connectivity index (χ0n) is 37.9. The summed E-state index contributed by atoms with van der Waals surface area (Å²) in [5, 5.41) is 16.5. The molecule has 15 nitrogen and oxygen atoms in total. The number of piperidine rings is 1. The molecular formula is C49H61ClN8O7S. The number of carbonyl (C=O) groups is 1. The Balaban J connectivity index is 0.825. The highest BCUT2D eigenvalue weighted by atomic mass is 35.5. The molecule has 3 aliphatic carbocycles. The van der Waals surface area contributed by atoms with Crippen molar-refractivity contribution in [1.82, 2.24) is 24.5 Å². The zero-order chi connectivity index (χ0) is 45.8. The first-order chi connectivity index (χ1) is 31.7. The maximum atomic E-state index is 14.0. The van der Waals surface area contributed by atoms with Gasteiger partial charge in [0.1, 0.15) is 22.8 Å². The van der Waals surface area contributed by atoms with E-state index in [4.69, 9.17) is 21.1 Å². The number of anilines is 2. The van der Waals surface area contributed by atoms with Gasteiger partial charge in [-0.15, -0.1) is 11.6 Å². The molecule has 6 aliphatic rings. The van der Waals surface area contributed by atoms with Crippen LogP contribution in [0.2, 0.25) is 0 Å². The smallest absolute Gasteiger partial charge is 0.293 e. The zero-order valence-corrected chi connectivity index (χ0v) is 39.5. The molecule has 3 aliphatic heterocycles. The number of carbonyl (C=O) groups excluding carboxylic acids is 1. The van der Waals surface area contributed by atoms with E-state index in [1.165, 1.54) is 25.0 Å². The maximum Gasteiger partial charge on any atom is 0.293 e. The highest BCUT2D eigenvalue weighted by molar-refractivity contribution is 7.90. The molecule has 2 saturated carbocycles. The van der Waals surface area contributed by atoms with Crippen molar-refractivity contribution < 1.29 is 27.6 Å². The van der Waals surface area contributed by atoms with Gasteiger partial charge in [0, 0.05) is 87.2 Å². The number of nitro benzene ring substituents is 1. The molecule has 3 N–H and O–H groups in total.